The minimum absolute atomic E-state index is 0.00753. The lowest BCUT2D eigenvalue weighted by atomic mass is 9.82. The molecule has 23 heavy (non-hydrogen) atoms. The lowest BCUT2D eigenvalue weighted by molar-refractivity contribution is 0.628. The SMILES string of the molecule is CC1(C)c2ccccc2-c2c(Nc3ccc(F)cc3)cccc21. The zero-order chi connectivity index (χ0) is 16.0. The van der Waals surface area contributed by atoms with Crippen molar-refractivity contribution in [2.45, 2.75) is 19.3 Å². The third-order valence-corrected chi connectivity index (χ3v) is 4.73. The fraction of sp³-hybridized carbons (Fsp3) is 0.143. The standard InChI is InChI=1S/C21H18FN/c1-21(2)17-7-4-3-6-16(17)20-18(21)8-5-9-19(20)23-15-12-10-14(22)11-13-15/h3-13,23H,1-2H3. The van der Waals surface area contributed by atoms with Crippen molar-refractivity contribution < 1.29 is 4.39 Å². The van der Waals surface area contributed by atoms with E-state index in [0.29, 0.717) is 0 Å². The Hall–Kier alpha value is -2.61. The topological polar surface area (TPSA) is 12.0 Å². The molecule has 2 heteroatoms. The lowest BCUT2D eigenvalue weighted by Crippen LogP contribution is -2.14. The van der Waals surface area contributed by atoms with Crippen molar-refractivity contribution >= 4 is 11.4 Å². The Kier molecular flexibility index (Phi) is 3.02. The average molecular weight is 303 g/mol. The molecule has 0 amide bonds. The Morgan fingerprint density at radius 3 is 2.26 bits per heavy atom. The van der Waals surface area contributed by atoms with E-state index in [9.17, 15) is 4.39 Å². The van der Waals surface area contributed by atoms with Crippen LogP contribution in [0.5, 0.6) is 0 Å². The third-order valence-electron chi connectivity index (χ3n) is 4.73. The Morgan fingerprint density at radius 1 is 0.783 bits per heavy atom. The summed E-state index contributed by atoms with van der Waals surface area (Å²) in [6, 6.07) is 21.4. The van der Waals surface area contributed by atoms with Gasteiger partial charge in [-0.05, 0) is 47.0 Å². The largest absolute Gasteiger partial charge is 0.355 e. The van der Waals surface area contributed by atoms with Gasteiger partial charge in [0.05, 0.1) is 0 Å². The van der Waals surface area contributed by atoms with Crippen molar-refractivity contribution in [3.63, 3.8) is 0 Å². The van der Waals surface area contributed by atoms with Gasteiger partial charge in [-0.15, -0.1) is 0 Å². The zero-order valence-corrected chi connectivity index (χ0v) is 13.2. The van der Waals surface area contributed by atoms with Gasteiger partial charge in [-0.25, -0.2) is 4.39 Å². The molecule has 0 saturated carbocycles. The summed E-state index contributed by atoms with van der Waals surface area (Å²) in [7, 11) is 0. The molecule has 0 fully saturated rings. The summed E-state index contributed by atoms with van der Waals surface area (Å²) in [6.07, 6.45) is 0. The molecular weight excluding hydrogens is 285 g/mol. The van der Waals surface area contributed by atoms with Crippen LogP contribution in [-0.4, -0.2) is 0 Å². The summed E-state index contributed by atoms with van der Waals surface area (Å²) < 4.78 is 13.1. The van der Waals surface area contributed by atoms with Gasteiger partial charge in [0.25, 0.3) is 0 Å². The summed E-state index contributed by atoms with van der Waals surface area (Å²) >= 11 is 0. The van der Waals surface area contributed by atoms with Crippen LogP contribution in [0.3, 0.4) is 0 Å². The van der Waals surface area contributed by atoms with Crippen LogP contribution in [0.25, 0.3) is 11.1 Å². The molecule has 0 unspecified atom stereocenters. The average Bonchev–Trinajstić information content (AvgIpc) is 2.79. The van der Waals surface area contributed by atoms with E-state index in [2.05, 4.69) is 61.6 Å². The molecule has 1 aliphatic rings. The quantitative estimate of drug-likeness (QED) is 0.623. The molecule has 0 atom stereocenters. The number of hydrogen-bond donors (Lipinski definition) is 1. The van der Waals surface area contributed by atoms with Crippen LogP contribution < -0.4 is 5.32 Å². The maximum Gasteiger partial charge on any atom is 0.123 e. The number of nitrogens with one attached hydrogen (secondary N) is 1. The molecule has 0 saturated heterocycles. The van der Waals surface area contributed by atoms with Crippen molar-refractivity contribution in [3.8, 4) is 11.1 Å². The van der Waals surface area contributed by atoms with Crippen molar-refractivity contribution in [2.24, 2.45) is 0 Å². The second-order valence-electron chi connectivity index (χ2n) is 6.53. The van der Waals surface area contributed by atoms with Gasteiger partial charge in [0, 0.05) is 22.4 Å². The Morgan fingerprint density at radius 2 is 1.48 bits per heavy atom. The Labute approximate surface area is 135 Å². The smallest absolute Gasteiger partial charge is 0.123 e. The predicted molar refractivity (Wildman–Crippen MR) is 93.7 cm³/mol. The number of anilines is 2. The van der Waals surface area contributed by atoms with Gasteiger partial charge in [0.1, 0.15) is 5.82 Å². The van der Waals surface area contributed by atoms with E-state index in [4.69, 9.17) is 0 Å². The predicted octanol–water partition coefficient (Wildman–Crippen LogP) is 5.88. The highest BCUT2D eigenvalue weighted by molar-refractivity contribution is 5.91. The lowest BCUT2D eigenvalue weighted by Gasteiger charge is -2.21. The number of fused-ring (bicyclic) bond motifs is 3. The highest BCUT2D eigenvalue weighted by atomic mass is 19.1. The van der Waals surface area contributed by atoms with Gasteiger partial charge in [-0.1, -0.05) is 50.2 Å². The maximum absolute atomic E-state index is 13.1. The first kappa shape index (κ1) is 14.0. The molecule has 3 aromatic carbocycles. The van der Waals surface area contributed by atoms with E-state index in [1.165, 1.54) is 34.4 Å². The first-order valence-corrected chi connectivity index (χ1v) is 7.83. The van der Waals surface area contributed by atoms with Gasteiger partial charge in [0.2, 0.25) is 0 Å². The number of benzene rings is 3. The molecule has 4 rings (SSSR count). The number of rotatable bonds is 2. The van der Waals surface area contributed by atoms with Crippen molar-refractivity contribution in [3.05, 3.63) is 83.7 Å². The second-order valence-corrected chi connectivity index (χ2v) is 6.53. The Balaban J connectivity index is 1.87. The highest BCUT2D eigenvalue weighted by Gasteiger charge is 2.36. The fourth-order valence-corrected chi connectivity index (χ4v) is 3.55. The van der Waals surface area contributed by atoms with E-state index in [1.807, 2.05) is 0 Å². The molecule has 114 valence electrons. The molecule has 3 aromatic rings. The van der Waals surface area contributed by atoms with Crippen LogP contribution in [0.15, 0.2) is 66.7 Å². The molecule has 1 nitrogen and oxygen atoms in total. The van der Waals surface area contributed by atoms with Crippen LogP contribution in [0.1, 0.15) is 25.0 Å². The van der Waals surface area contributed by atoms with Gasteiger partial charge in [-0.2, -0.15) is 0 Å². The maximum atomic E-state index is 13.1. The van der Waals surface area contributed by atoms with Crippen molar-refractivity contribution in [1.29, 1.82) is 0 Å². The molecule has 0 aromatic heterocycles. The molecule has 1 N–H and O–H groups in total. The van der Waals surface area contributed by atoms with Crippen molar-refractivity contribution in [1.82, 2.24) is 0 Å². The number of hydrogen-bond acceptors (Lipinski definition) is 1. The third kappa shape index (κ3) is 2.14. The first-order chi connectivity index (χ1) is 11.1. The van der Waals surface area contributed by atoms with Crippen LogP contribution in [0, 0.1) is 5.82 Å². The zero-order valence-electron chi connectivity index (χ0n) is 13.2. The molecule has 0 aliphatic heterocycles. The van der Waals surface area contributed by atoms with Crippen LogP contribution in [0.4, 0.5) is 15.8 Å². The van der Waals surface area contributed by atoms with Crippen LogP contribution in [-0.2, 0) is 5.41 Å². The van der Waals surface area contributed by atoms with E-state index < -0.39 is 0 Å². The molecule has 0 bridgehead atoms. The number of halogens is 1. The van der Waals surface area contributed by atoms with Crippen molar-refractivity contribution in [2.75, 3.05) is 5.32 Å². The first-order valence-electron chi connectivity index (χ1n) is 7.83. The molecule has 0 radical (unpaired) electrons. The Bertz CT molecular complexity index is 879. The summed E-state index contributed by atoms with van der Waals surface area (Å²) in [4.78, 5) is 0. The normalized spacial score (nSPS) is 14.2. The monoisotopic (exact) mass is 303 g/mol. The summed E-state index contributed by atoms with van der Waals surface area (Å²) in [6.45, 7) is 4.53. The minimum atomic E-state index is -0.222. The minimum Gasteiger partial charge on any atom is -0.355 e. The van der Waals surface area contributed by atoms with Gasteiger partial charge in [-0.3, -0.25) is 0 Å². The summed E-state index contributed by atoms with van der Waals surface area (Å²) in [5.74, 6) is -0.222. The van der Waals surface area contributed by atoms with E-state index in [-0.39, 0.29) is 11.2 Å². The second kappa shape index (κ2) is 4.95. The van der Waals surface area contributed by atoms with Crippen LogP contribution in [0.2, 0.25) is 0 Å². The molecular formula is C21H18FN. The molecule has 0 spiro atoms. The van der Waals surface area contributed by atoms with Gasteiger partial charge >= 0.3 is 0 Å². The van der Waals surface area contributed by atoms with E-state index >= 15 is 0 Å². The van der Waals surface area contributed by atoms with E-state index in [0.717, 1.165) is 11.4 Å². The van der Waals surface area contributed by atoms with Crippen LogP contribution >= 0.6 is 0 Å². The fourth-order valence-electron chi connectivity index (χ4n) is 3.55. The summed E-state index contributed by atoms with van der Waals surface area (Å²) in [5.41, 5.74) is 7.14. The molecule has 1 aliphatic carbocycles. The molecule has 0 heterocycles. The van der Waals surface area contributed by atoms with E-state index in [1.54, 1.807) is 12.1 Å². The van der Waals surface area contributed by atoms with Gasteiger partial charge in [0.15, 0.2) is 0 Å². The van der Waals surface area contributed by atoms with Gasteiger partial charge < -0.3 is 5.32 Å². The summed E-state index contributed by atoms with van der Waals surface area (Å²) in [5, 5.41) is 3.44. The highest BCUT2D eigenvalue weighted by Crippen LogP contribution is 2.51.